The summed E-state index contributed by atoms with van der Waals surface area (Å²) in [7, 11) is -4.03. The molecular weight excluding hydrogens is 194 g/mol. The van der Waals surface area contributed by atoms with Gasteiger partial charge in [-0.15, -0.1) is 0 Å². The lowest BCUT2D eigenvalue weighted by atomic mass is 10.2. The highest BCUT2D eigenvalue weighted by Gasteiger charge is 2.50. The first-order chi connectivity index (χ1) is 5.88. The molecule has 0 radical (unpaired) electrons. The molecule has 0 aromatic rings. The van der Waals surface area contributed by atoms with E-state index >= 15 is 0 Å². The van der Waals surface area contributed by atoms with Crippen molar-refractivity contribution in [2.45, 2.75) is 25.0 Å². The van der Waals surface area contributed by atoms with Gasteiger partial charge in [-0.25, -0.2) is 0 Å². The quantitative estimate of drug-likeness (QED) is 0.622. The minimum absolute atomic E-state index is 0.280. The van der Waals surface area contributed by atoms with Crippen LogP contribution in [0, 0.1) is 11.8 Å². The molecule has 1 aliphatic carbocycles. The largest absolute Gasteiger partial charge is 0.369 e. The highest BCUT2D eigenvalue weighted by Crippen LogP contribution is 2.44. The summed E-state index contributed by atoms with van der Waals surface area (Å²) in [4.78, 5) is 10.7. The molecule has 3 N–H and O–H groups in total. The van der Waals surface area contributed by atoms with Crippen molar-refractivity contribution < 1.29 is 17.8 Å². The second-order valence-corrected chi connectivity index (χ2v) is 5.01. The molecule has 0 spiro atoms. The number of hydrogen-bond donors (Lipinski definition) is 2. The Labute approximate surface area is 77.1 Å². The summed E-state index contributed by atoms with van der Waals surface area (Å²) in [5.41, 5.74) is 5.01. The Bertz CT molecular complexity index is 310. The first kappa shape index (κ1) is 10.5. The van der Waals surface area contributed by atoms with Crippen molar-refractivity contribution in [1.82, 2.24) is 0 Å². The van der Waals surface area contributed by atoms with Gasteiger partial charge in [0.25, 0.3) is 10.1 Å². The molecule has 76 valence electrons. The second kappa shape index (κ2) is 3.26. The second-order valence-electron chi connectivity index (χ2n) is 3.37. The number of hydrogen-bond acceptors (Lipinski definition) is 3. The molecule has 1 saturated carbocycles. The molecular formula is C7H13NO4S. The first-order valence-electron chi connectivity index (χ1n) is 4.13. The fourth-order valence-corrected chi connectivity index (χ4v) is 2.85. The lowest BCUT2D eigenvalue weighted by Gasteiger charge is -2.09. The van der Waals surface area contributed by atoms with Crippen molar-refractivity contribution in [2.75, 3.05) is 0 Å². The van der Waals surface area contributed by atoms with E-state index in [9.17, 15) is 13.2 Å². The molecule has 1 fully saturated rings. The highest BCUT2D eigenvalue weighted by molar-refractivity contribution is 7.86. The third-order valence-electron chi connectivity index (χ3n) is 2.47. The van der Waals surface area contributed by atoms with E-state index in [0.717, 1.165) is 0 Å². The van der Waals surface area contributed by atoms with Gasteiger partial charge in [-0.05, 0) is 18.8 Å². The number of primary amides is 1. The maximum Gasteiger partial charge on any atom is 0.268 e. The maximum atomic E-state index is 10.8. The monoisotopic (exact) mass is 207 g/mol. The molecule has 0 bridgehead atoms. The van der Waals surface area contributed by atoms with Gasteiger partial charge in [0.15, 0.2) is 0 Å². The fourth-order valence-electron chi connectivity index (χ4n) is 1.69. The van der Waals surface area contributed by atoms with Crippen LogP contribution in [-0.4, -0.2) is 24.1 Å². The van der Waals surface area contributed by atoms with Crippen LogP contribution < -0.4 is 5.73 Å². The van der Waals surface area contributed by atoms with Gasteiger partial charge < -0.3 is 5.73 Å². The third-order valence-corrected chi connectivity index (χ3v) is 3.92. The van der Waals surface area contributed by atoms with Crippen molar-refractivity contribution in [3.05, 3.63) is 0 Å². The average Bonchev–Trinajstić information content (AvgIpc) is 2.65. The Morgan fingerprint density at radius 3 is 2.46 bits per heavy atom. The van der Waals surface area contributed by atoms with Gasteiger partial charge in [-0.3, -0.25) is 9.35 Å². The van der Waals surface area contributed by atoms with Gasteiger partial charge in [0.05, 0.1) is 5.25 Å². The molecule has 1 rings (SSSR count). The van der Waals surface area contributed by atoms with E-state index in [1.807, 2.05) is 0 Å². The van der Waals surface area contributed by atoms with Crippen molar-refractivity contribution in [3.8, 4) is 0 Å². The molecule has 1 amide bonds. The molecule has 3 atom stereocenters. The number of amides is 1. The third kappa shape index (κ3) is 2.19. The van der Waals surface area contributed by atoms with Crippen molar-refractivity contribution in [3.63, 3.8) is 0 Å². The molecule has 0 heterocycles. The van der Waals surface area contributed by atoms with Gasteiger partial charge >= 0.3 is 0 Å². The van der Waals surface area contributed by atoms with Crippen molar-refractivity contribution >= 4 is 16.0 Å². The van der Waals surface area contributed by atoms with Gasteiger partial charge in [0.1, 0.15) is 0 Å². The zero-order valence-electron chi connectivity index (χ0n) is 7.30. The van der Waals surface area contributed by atoms with Crippen molar-refractivity contribution in [2.24, 2.45) is 17.6 Å². The molecule has 5 nitrogen and oxygen atoms in total. The Morgan fingerprint density at radius 2 is 2.23 bits per heavy atom. The Kier molecular flexibility index (Phi) is 2.63. The van der Waals surface area contributed by atoms with Crippen LogP contribution in [0.5, 0.6) is 0 Å². The smallest absolute Gasteiger partial charge is 0.268 e. The van der Waals surface area contributed by atoms with Gasteiger partial charge in [-0.1, -0.05) is 6.92 Å². The predicted molar refractivity (Wildman–Crippen MR) is 46.4 cm³/mol. The lowest BCUT2D eigenvalue weighted by molar-refractivity contribution is -0.119. The number of carbonyl (C=O) groups is 1. The van der Waals surface area contributed by atoms with Crippen LogP contribution in [0.3, 0.4) is 0 Å². The normalized spacial score (nSPS) is 29.7. The molecule has 1 aliphatic rings. The highest BCUT2D eigenvalue weighted by atomic mass is 32.2. The van der Waals surface area contributed by atoms with E-state index < -0.39 is 21.3 Å². The van der Waals surface area contributed by atoms with Crippen LogP contribution in [0.15, 0.2) is 0 Å². The SMILES string of the molecule is CCC(C1CC1C(N)=O)S(=O)(=O)O. The molecule has 3 unspecified atom stereocenters. The number of carbonyl (C=O) groups excluding carboxylic acids is 1. The summed E-state index contributed by atoms with van der Waals surface area (Å²) in [6.07, 6.45) is 0.793. The maximum absolute atomic E-state index is 10.8. The van der Waals surface area contributed by atoms with Gasteiger partial charge in [0.2, 0.25) is 5.91 Å². The first-order valence-corrected chi connectivity index (χ1v) is 5.63. The molecule has 6 heteroatoms. The lowest BCUT2D eigenvalue weighted by Crippen LogP contribution is -2.25. The van der Waals surface area contributed by atoms with E-state index in [1.165, 1.54) is 0 Å². The van der Waals surface area contributed by atoms with Crippen molar-refractivity contribution in [1.29, 1.82) is 0 Å². The molecule has 0 aliphatic heterocycles. The molecule has 0 aromatic heterocycles. The standard InChI is InChI=1S/C7H13NO4S/c1-2-6(13(10,11)12)4-3-5(4)7(8)9/h4-6H,2-3H2,1H3,(H2,8,9)(H,10,11,12). The molecule has 13 heavy (non-hydrogen) atoms. The number of nitrogens with two attached hydrogens (primary N) is 1. The Morgan fingerprint density at radius 1 is 1.69 bits per heavy atom. The molecule has 0 aromatic carbocycles. The minimum Gasteiger partial charge on any atom is -0.369 e. The fraction of sp³-hybridized carbons (Fsp3) is 0.857. The van der Waals surface area contributed by atoms with E-state index in [1.54, 1.807) is 6.92 Å². The minimum atomic E-state index is -4.03. The summed E-state index contributed by atoms with van der Waals surface area (Å²) < 4.78 is 30.4. The van der Waals surface area contributed by atoms with Gasteiger partial charge in [0, 0.05) is 5.92 Å². The summed E-state index contributed by atoms with van der Waals surface area (Å²) in [5.74, 6) is -1.13. The van der Waals surface area contributed by atoms with E-state index in [2.05, 4.69) is 0 Å². The van der Waals surface area contributed by atoms with Crippen LogP contribution in [-0.2, 0) is 14.9 Å². The van der Waals surface area contributed by atoms with Crippen LogP contribution in [0.2, 0.25) is 0 Å². The van der Waals surface area contributed by atoms with Crippen LogP contribution >= 0.6 is 0 Å². The summed E-state index contributed by atoms with van der Waals surface area (Å²) in [5, 5.41) is -0.829. The topological polar surface area (TPSA) is 97.5 Å². The molecule has 0 saturated heterocycles. The zero-order chi connectivity index (χ0) is 10.2. The number of rotatable bonds is 4. The van der Waals surface area contributed by atoms with Crippen LogP contribution in [0.4, 0.5) is 0 Å². The van der Waals surface area contributed by atoms with Gasteiger partial charge in [-0.2, -0.15) is 8.42 Å². The van der Waals surface area contributed by atoms with E-state index in [0.29, 0.717) is 12.8 Å². The van der Waals surface area contributed by atoms with Crippen LogP contribution in [0.1, 0.15) is 19.8 Å². The summed E-state index contributed by atoms with van der Waals surface area (Å²) in [6, 6.07) is 0. The average molecular weight is 207 g/mol. The van der Waals surface area contributed by atoms with E-state index in [4.69, 9.17) is 10.3 Å². The Balaban J connectivity index is 2.68. The van der Waals surface area contributed by atoms with Crippen LogP contribution in [0.25, 0.3) is 0 Å². The predicted octanol–water partition coefficient (Wildman–Crippen LogP) is -0.226. The zero-order valence-corrected chi connectivity index (χ0v) is 8.12. The Hall–Kier alpha value is -0.620. The summed E-state index contributed by atoms with van der Waals surface area (Å²) >= 11 is 0. The summed E-state index contributed by atoms with van der Waals surface area (Å²) in [6.45, 7) is 1.66. The van der Waals surface area contributed by atoms with E-state index in [-0.39, 0.29) is 11.8 Å².